The van der Waals surface area contributed by atoms with Gasteiger partial charge >= 0.3 is 0 Å². The topological polar surface area (TPSA) is 92.3 Å². The molecule has 208 valence electrons. The Morgan fingerprint density at radius 3 is 2.67 bits per heavy atom. The van der Waals surface area contributed by atoms with Gasteiger partial charge in [-0.25, -0.2) is 9.37 Å². The molecule has 1 saturated carbocycles. The van der Waals surface area contributed by atoms with Crippen LogP contribution in [0.15, 0.2) is 30.5 Å². The van der Waals surface area contributed by atoms with Gasteiger partial charge in [-0.2, -0.15) is 0 Å². The average molecular weight is 576 g/mol. The number of amides is 2. The zero-order valence-electron chi connectivity index (χ0n) is 22.1. The molecule has 10 heteroatoms. The average Bonchev–Trinajstić information content (AvgIpc) is 3.36. The lowest BCUT2D eigenvalue weighted by molar-refractivity contribution is -0.125. The van der Waals surface area contributed by atoms with Gasteiger partial charge in [0.05, 0.1) is 18.7 Å². The fourth-order valence-corrected chi connectivity index (χ4v) is 7.81. The van der Waals surface area contributed by atoms with Gasteiger partial charge in [-0.05, 0) is 73.3 Å². The summed E-state index contributed by atoms with van der Waals surface area (Å²) in [6.45, 7) is 5.53. The van der Waals surface area contributed by atoms with Crippen molar-refractivity contribution in [2.45, 2.75) is 81.3 Å². The van der Waals surface area contributed by atoms with Crippen LogP contribution in [0.5, 0.6) is 0 Å². The fraction of sp³-hybridized carbons (Fsp3) is 0.552. The van der Waals surface area contributed by atoms with Crippen LogP contribution in [-0.4, -0.2) is 47.6 Å². The number of anilines is 1. The minimum absolute atomic E-state index is 0.0759. The van der Waals surface area contributed by atoms with Crippen molar-refractivity contribution in [3.8, 4) is 0 Å². The smallest absolute Gasteiger partial charge is 0.238 e. The molecule has 3 aliphatic heterocycles. The number of benzene rings is 1. The molecular weight excluding hydrogens is 542 g/mol. The quantitative estimate of drug-likeness (QED) is 0.443. The number of ether oxygens (including phenoxy) is 1. The first-order chi connectivity index (χ1) is 18.6. The molecule has 1 aromatic carbocycles. The van der Waals surface area contributed by atoms with E-state index < -0.39 is 28.7 Å². The molecule has 4 aliphatic rings. The monoisotopic (exact) mass is 574 g/mol. The van der Waals surface area contributed by atoms with Gasteiger partial charge in [0, 0.05) is 35.0 Å². The molecule has 39 heavy (non-hydrogen) atoms. The summed E-state index contributed by atoms with van der Waals surface area (Å²) in [5, 5.41) is 10.1. The molecule has 2 saturated heterocycles. The maximum atomic E-state index is 15.9. The molecule has 0 unspecified atom stereocenters. The second kappa shape index (κ2) is 9.68. The Morgan fingerprint density at radius 1 is 1.18 bits per heavy atom. The second-order valence-corrected chi connectivity index (χ2v) is 13.0. The van der Waals surface area contributed by atoms with E-state index in [1.165, 1.54) is 6.20 Å². The highest BCUT2D eigenvalue weighted by Gasteiger charge is 2.73. The van der Waals surface area contributed by atoms with Crippen LogP contribution in [0.3, 0.4) is 0 Å². The first-order valence-electron chi connectivity index (χ1n) is 13.7. The van der Waals surface area contributed by atoms with Gasteiger partial charge < -0.3 is 15.4 Å². The van der Waals surface area contributed by atoms with Gasteiger partial charge in [0.15, 0.2) is 11.0 Å². The van der Waals surface area contributed by atoms with Crippen molar-refractivity contribution in [3.05, 3.63) is 57.6 Å². The third-order valence-corrected chi connectivity index (χ3v) is 9.96. The van der Waals surface area contributed by atoms with Crippen LogP contribution in [0, 0.1) is 11.2 Å². The van der Waals surface area contributed by atoms with E-state index in [0.29, 0.717) is 36.8 Å². The molecule has 4 atom stereocenters. The lowest BCUT2D eigenvalue weighted by Gasteiger charge is -2.50. The number of fused-ring (bicyclic) bond motifs is 3. The molecular formula is C29H33Cl2FN4O3. The van der Waals surface area contributed by atoms with E-state index in [4.69, 9.17) is 27.9 Å². The lowest BCUT2D eigenvalue weighted by Crippen LogP contribution is -2.61. The van der Waals surface area contributed by atoms with Crippen LogP contribution in [0.25, 0.3) is 0 Å². The standard InChI is InChI=1S/C29H33Cl2FN4O3/c1-27(2)8-10-28(11-9-27)29(19-6-5-16(30)14-20(19)35-26(29)38)21(18-7-12-33-24(31)22(18)32)23(36-28)25(37)34-17-4-3-13-39-15-17/h5-7,12,14,17,21,23,36H,3-4,8-11,13,15H2,1-2H3,(H,34,37)(H,35,38)/t17-,21+,23-,29-/m1/s1. The molecule has 1 aromatic heterocycles. The Bertz CT molecular complexity index is 1320. The van der Waals surface area contributed by atoms with E-state index in [1.54, 1.807) is 18.2 Å². The molecule has 3 N–H and O–H groups in total. The summed E-state index contributed by atoms with van der Waals surface area (Å²) in [5.74, 6) is -2.14. The van der Waals surface area contributed by atoms with E-state index in [9.17, 15) is 9.59 Å². The van der Waals surface area contributed by atoms with E-state index in [1.807, 2.05) is 6.07 Å². The van der Waals surface area contributed by atoms with Crippen LogP contribution in [0.2, 0.25) is 10.2 Å². The van der Waals surface area contributed by atoms with Crippen molar-refractivity contribution in [3.63, 3.8) is 0 Å². The first-order valence-corrected chi connectivity index (χ1v) is 14.4. The Hall–Kier alpha value is -2.26. The number of hydrogen-bond donors (Lipinski definition) is 3. The number of pyridine rings is 1. The highest BCUT2D eigenvalue weighted by atomic mass is 35.5. The van der Waals surface area contributed by atoms with Gasteiger partial charge in [0.1, 0.15) is 5.41 Å². The molecule has 1 aliphatic carbocycles. The minimum Gasteiger partial charge on any atom is -0.379 e. The highest BCUT2D eigenvalue weighted by molar-refractivity contribution is 6.31. The Labute approximate surface area is 237 Å². The van der Waals surface area contributed by atoms with Gasteiger partial charge in [-0.15, -0.1) is 0 Å². The zero-order chi connectivity index (χ0) is 27.6. The van der Waals surface area contributed by atoms with Crippen LogP contribution in [0.4, 0.5) is 10.1 Å². The van der Waals surface area contributed by atoms with Crippen molar-refractivity contribution in [1.82, 2.24) is 15.6 Å². The van der Waals surface area contributed by atoms with Gasteiger partial charge in [-0.1, -0.05) is 43.1 Å². The maximum absolute atomic E-state index is 15.9. The van der Waals surface area contributed by atoms with Gasteiger partial charge in [-0.3, -0.25) is 14.9 Å². The van der Waals surface area contributed by atoms with Crippen molar-refractivity contribution in [2.24, 2.45) is 5.41 Å². The molecule has 0 bridgehead atoms. The summed E-state index contributed by atoms with van der Waals surface area (Å²) in [7, 11) is 0. The Morgan fingerprint density at radius 2 is 1.95 bits per heavy atom. The molecule has 2 spiro atoms. The molecule has 4 heterocycles. The summed E-state index contributed by atoms with van der Waals surface area (Å²) in [6, 6.07) is 5.83. The maximum Gasteiger partial charge on any atom is 0.238 e. The number of nitrogens with zero attached hydrogens (tertiary/aromatic N) is 1. The molecule has 0 radical (unpaired) electrons. The largest absolute Gasteiger partial charge is 0.379 e. The van der Waals surface area contributed by atoms with Crippen LogP contribution < -0.4 is 16.0 Å². The second-order valence-electron chi connectivity index (χ2n) is 12.2. The third kappa shape index (κ3) is 4.17. The Balaban J connectivity index is 1.56. The number of rotatable bonds is 3. The lowest BCUT2D eigenvalue weighted by atomic mass is 9.53. The number of aromatic nitrogens is 1. The molecule has 7 nitrogen and oxygen atoms in total. The SMILES string of the molecule is CC1(C)CCC2(CC1)N[C@@H](C(=O)N[C@@H]1CCCOC1)[C@H](c1ccnc(Cl)c1F)[C@]21C(=O)Nc2cc(Cl)ccc21. The summed E-state index contributed by atoms with van der Waals surface area (Å²) in [6.07, 6.45) is 6.05. The summed E-state index contributed by atoms with van der Waals surface area (Å²) >= 11 is 12.5. The summed E-state index contributed by atoms with van der Waals surface area (Å²) in [4.78, 5) is 32.5. The number of halogens is 3. The van der Waals surface area contributed by atoms with E-state index in [0.717, 1.165) is 31.2 Å². The van der Waals surface area contributed by atoms with Crippen molar-refractivity contribution < 1.29 is 18.7 Å². The number of nitrogens with one attached hydrogen (secondary N) is 3. The fourth-order valence-electron chi connectivity index (χ4n) is 7.47. The highest BCUT2D eigenvalue weighted by Crippen LogP contribution is 2.64. The summed E-state index contributed by atoms with van der Waals surface area (Å²) in [5.41, 5.74) is -0.498. The molecule has 2 aromatic rings. The zero-order valence-corrected chi connectivity index (χ0v) is 23.6. The van der Waals surface area contributed by atoms with E-state index >= 15 is 4.39 Å². The van der Waals surface area contributed by atoms with Gasteiger partial charge in [0.25, 0.3) is 0 Å². The predicted molar refractivity (Wildman–Crippen MR) is 148 cm³/mol. The molecule has 6 rings (SSSR count). The Kier molecular flexibility index (Phi) is 6.69. The third-order valence-electron chi connectivity index (χ3n) is 9.46. The van der Waals surface area contributed by atoms with E-state index in [2.05, 4.69) is 34.8 Å². The number of carbonyl (C=O) groups excluding carboxylic acids is 2. The molecule has 2 amide bonds. The normalized spacial score (nSPS) is 30.8. The summed E-state index contributed by atoms with van der Waals surface area (Å²) < 4.78 is 21.5. The van der Waals surface area contributed by atoms with Gasteiger partial charge in [0.2, 0.25) is 11.8 Å². The number of carbonyl (C=O) groups is 2. The van der Waals surface area contributed by atoms with Crippen molar-refractivity contribution in [2.75, 3.05) is 18.5 Å². The van der Waals surface area contributed by atoms with Crippen LogP contribution in [-0.2, 0) is 19.7 Å². The van der Waals surface area contributed by atoms with Crippen LogP contribution in [0.1, 0.15) is 69.4 Å². The first kappa shape index (κ1) is 26.9. The number of hydrogen-bond acceptors (Lipinski definition) is 5. The van der Waals surface area contributed by atoms with E-state index in [-0.39, 0.29) is 34.0 Å². The molecule has 3 fully saturated rings. The van der Waals surface area contributed by atoms with Crippen molar-refractivity contribution in [1.29, 1.82) is 0 Å². The van der Waals surface area contributed by atoms with Crippen LogP contribution >= 0.6 is 23.2 Å². The van der Waals surface area contributed by atoms with Crippen molar-refractivity contribution >= 4 is 40.7 Å². The predicted octanol–water partition coefficient (Wildman–Crippen LogP) is 5.11. The minimum atomic E-state index is -1.28.